The summed E-state index contributed by atoms with van der Waals surface area (Å²) >= 11 is 5.27. The zero-order valence-electron chi connectivity index (χ0n) is 14.5. The molecule has 0 aliphatic carbocycles. The molecule has 1 aromatic heterocycles. The summed E-state index contributed by atoms with van der Waals surface area (Å²) in [5, 5.41) is 6.91. The quantitative estimate of drug-likeness (QED) is 0.680. The number of carbonyl (C=O) groups excluding carboxylic acids is 1. The second-order valence-electron chi connectivity index (χ2n) is 5.97. The molecule has 26 heavy (non-hydrogen) atoms. The Morgan fingerprint density at radius 1 is 1.08 bits per heavy atom. The number of pyridine rings is 1. The number of amides is 1. The van der Waals surface area contributed by atoms with Crippen LogP contribution in [0.2, 0.25) is 0 Å². The summed E-state index contributed by atoms with van der Waals surface area (Å²) in [4.78, 5) is 16.7. The predicted molar refractivity (Wildman–Crippen MR) is 108 cm³/mol. The van der Waals surface area contributed by atoms with Gasteiger partial charge in [-0.1, -0.05) is 6.07 Å². The van der Waals surface area contributed by atoms with E-state index in [1.807, 2.05) is 44.2 Å². The maximum atomic E-state index is 12.4. The molecule has 2 aromatic carbocycles. The van der Waals surface area contributed by atoms with Crippen molar-refractivity contribution in [2.24, 2.45) is 0 Å². The minimum absolute atomic E-state index is 0.0849. The fourth-order valence-corrected chi connectivity index (χ4v) is 2.70. The number of carbonyl (C=O) groups is 1. The fraction of sp³-hybridized carbons (Fsp3) is 0.150. The zero-order chi connectivity index (χ0) is 18.5. The molecule has 0 unspecified atom stereocenters. The molecular weight excluding hydrogens is 346 g/mol. The van der Waals surface area contributed by atoms with E-state index >= 15 is 0 Å². The van der Waals surface area contributed by atoms with Crippen LogP contribution in [-0.4, -0.2) is 22.1 Å². The van der Waals surface area contributed by atoms with Crippen LogP contribution >= 0.6 is 12.2 Å². The maximum absolute atomic E-state index is 12.4. The highest BCUT2D eigenvalue weighted by atomic mass is 32.1. The molecule has 0 aliphatic heterocycles. The van der Waals surface area contributed by atoms with Crippen molar-refractivity contribution in [1.82, 2.24) is 10.3 Å². The Bertz CT molecular complexity index is 934. The first-order valence-electron chi connectivity index (χ1n) is 8.26. The Hall–Kier alpha value is -2.99. The molecule has 0 saturated carbocycles. The summed E-state index contributed by atoms with van der Waals surface area (Å²) in [5.74, 6) is 0.442. The summed E-state index contributed by atoms with van der Waals surface area (Å²) in [6.45, 7) is 3.90. The van der Waals surface area contributed by atoms with Crippen molar-refractivity contribution in [3.8, 4) is 5.75 Å². The first-order chi connectivity index (χ1) is 12.5. The van der Waals surface area contributed by atoms with Gasteiger partial charge in [-0.2, -0.15) is 0 Å². The van der Waals surface area contributed by atoms with Crippen LogP contribution in [0.1, 0.15) is 24.2 Å². The van der Waals surface area contributed by atoms with Crippen molar-refractivity contribution >= 4 is 39.8 Å². The second kappa shape index (κ2) is 7.93. The number of fused-ring (bicyclic) bond motifs is 1. The number of anilines is 1. The van der Waals surface area contributed by atoms with Crippen LogP contribution in [0.25, 0.3) is 10.9 Å². The van der Waals surface area contributed by atoms with E-state index < -0.39 is 0 Å². The van der Waals surface area contributed by atoms with Crippen molar-refractivity contribution in [3.63, 3.8) is 0 Å². The molecular formula is C20H19N3O2S. The lowest BCUT2D eigenvalue weighted by Crippen LogP contribution is -2.34. The fourth-order valence-electron chi connectivity index (χ4n) is 2.50. The number of nitrogens with one attached hydrogen (secondary N) is 2. The molecule has 5 nitrogen and oxygen atoms in total. The van der Waals surface area contributed by atoms with Crippen molar-refractivity contribution < 1.29 is 9.53 Å². The van der Waals surface area contributed by atoms with Crippen molar-refractivity contribution in [3.05, 3.63) is 66.4 Å². The molecule has 1 amide bonds. The van der Waals surface area contributed by atoms with Gasteiger partial charge in [0.25, 0.3) is 5.91 Å². The maximum Gasteiger partial charge on any atom is 0.257 e. The number of aromatic nitrogens is 1. The molecule has 2 N–H and O–H groups in total. The number of hydrogen-bond acceptors (Lipinski definition) is 4. The molecule has 0 radical (unpaired) electrons. The van der Waals surface area contributed by atoms with Crippen LogP contribution in [0, 0.1) is 0 Å². The molecule has 0 spiro atoms. The molecule has 0 atom stereocenters. The van der Waals surface area contributed by atoms with Crippen LogP contribution in [0.15, 0.2) is 60.8 Å². The van der Waals surface area contributed by atoms with Gasteiger partial charge in [0.15, 0.2) is 5.11 Å². The molecule has 0 bridgehead atoms. The third kappa shape index (κ3) is 4.34. The highest BCUT2D eigenvalue weighted by Crippen LogP contribution is 2.21. The zero-order valence-corrected chi connectivity index (χ0v) is 15.3. The molecule has 3 aromatic rings. The first kappa shape index (κ1) is 17.8. The van der Waals surface area contributed by atoms with Gasteiger partial charge in [0.2, 0.25) is 0 Å². The Kier molecular flexibility index (Phi) is 5.43. The average Bonchev–Trinajstić information content (AvgIpc) is 2.62. The van der Waals surface area contributed by atoms with Crippen molar-refractivity contribution in [1.29, 1.82) is 0 Å². The largest absolute Gasteiger partial charge is 0.491 e. The Balaban J connectivity index is 1.66. The summed E-state index contributed by atoms with van der Waals surface area (Å²) in [7, 11) is 0. The highest BCUT2D eigenvalue weighted by Gasteiger charge is 2.10. The van der Waals surface area contributed by atoms with E-state index in [2.05, 4.69) is 15.6 Å². The number of thiocarbonyl (C=S) groups is 1. The van der Waals surface area contributed by atoms with Gasteiger partial charge in [-0.25, -0.2) is 0 Å². The van der Waals surface area contributed by atoms with E-state index in [1.54, 1.807) is 30.5 Å². The summed E-state index contributed by atoms with van der Waals surface area (Å²) < 4.78 is 5.57. The van der Waals surface area contributed by atoms with E-state index in [-0.39, 0.29) is 17.1 Å². The number of nitrogens with zero attached hydrogens (tertiary/aromatic N) is 1. The van der Waals surface area contributed by atoms with Gasteiger partial charge < -0.3 is 10.1 Å². The van der Waals surface area contributed by atoms with Gasteiger partial charge >= 0.3 is 0 Å². The van der Waals surface area contributed by atoms with E-state index in [9.17, 15) is 4.79 Å². The van der Waals surface area contributed by atoms with Gasteiger partial charge in [-0.3, -0.25) is 15.1 Å². The summed E-state index contributed by atoms with van der Waals surface area (Å²) in [6, 6.07) is 16.4. The van der Waals surface area contributed by atoms with E-state index in [0.717, 1.165) is 22.3 Å². The van der Waals surface area contributed by atoms with E-state index in [4.69, 9.17) is 17.0 Å². The lowest BCUT2D eigenvalue weighted by Gasteiger charge is -2.12. The second-order valence-corrected chi connectivity index (χ2v) is 6.38. The summed E-state index contributed by atoms with van der Waals surface area (Å²) in [5.41, 5.74) is 2.15. The van der Waals surface area contributed by atoms with Gasteiger partial charge in [0, 0.05) is 22.8 Å². The monoisotopic (exact) mass is 365 g/mol. The molecule has 1 heterocycles. The van der Waals surface area contributed by atoms with Crippen LogP contribution in [0.3, 0.4) is 0 Å². The predicted octanol–water partition coefficient (Wildman–Crippen LogP) is 4.15. The van der Waals surface area contributed by atoms with Gasteiger partial charge in [-0.15, -0.1) is 0 Å². The molecule has 132 valence electrons. The van der Waals surface area contributed by atoms with Crippen LogP contribution in [0.5, 0.6) is 5.75 Å². The van der Waals surface area contributed by atoms with Crippen molar-refractivity contribution in [2.75, 3.05) is 5.32 Å². The van der Waals surface area contributed by atoms with Gasteiger partial charge in [0.05, 0.1) is 11.6 Å². The molecule has 0 fully saturated rings. The third-order valence-electron chi connectivity index (χ3n) is 3.61. The molecule has 3 rings (SSSR count). The molecule has 6 heteroatoms. The van der Waals surface area contributed by atoms with Crippen LogP contribution in [-0.2, 0) is 0 Å². The highest BCUT2D eigenvalue weighted by molar-refractivity contribution is 7.80. The van der Waals surface area contributed by atoms with Gasteiger partial charge in [-0.05, 0) is 74.6 Å². The lowest BCUT2D eigenvalue weighted by molar-refractivity contribution is 0.0977. The molecule has 0 saturated heterocycles. The van der Waals surface area contributed by atoms with Crippen LogP contribution < -0.4 is 15.4 Å². The first-order valence-corrected chi connectivity index (χ1v) is 8.66. The van der Waals surface area contributed by atoms with E-state index in [0.29, 0.717) is 5.56 Å². The minimum atomic E-state index is -0.281. The summed E-state index contributed by atoms with van der Waals surface area (Å²) in [6.07, 6.45) is 1.82. The number of benzene rings is 2. The molecule has 0 aliphatic rings. The lowest BCUT2D eigenvalue weighted by atomic mass is 10.2. The normalized spacial score (nSPS) is 10.6. The average molecular weight is 365 g/mol. The standard InChI is InChI=1S/C20H19N3O2S/c1-13(2)25-15-10-8-14(9-11-15)19(24)23-20(26)22-18-7-3-6-17-16(18)5-4-12-21-17/h3-13H,1-2H3,(H2,22,23,24,26). The minimum Gasteiger partial charge on any atom is -0.491 e. The SMILES string of the molecule is CC(C)Oc1ccc(C(=O)NC(=S)Nc2cccc3ncccc23)cc1. The smallest absolute Gasteiger partial charge is 0.257 e. The Morgan fingerprint density at radius 3 is 2.58 bits per heavy atom. The number of ether oxygens (including phenoxy) is 1. The number of rotatable bonds is 4. The third-order valence-corrected chi connectivity index (χ3v) is 3.81. The number of hydrogen-bond donors (Lipinski definition) is 2. The van der Waals surface area contributed by atoms with Crippen molar-refractivity contribution in [2.45, 2.75) is 20.0 Å². The van der Waals surface area contributed by atoms with Crippen LogP contribution in [0.4, 0.5) is 5.69 Å². The Labute approximate surface area is 157 Å². The van der Waals surface area contributed by atoms with Gasteiger partial charge in [0.1, 0.15) is 5.75 Å². The topological polar surface area (TPSA) is 63.2 Å². The van der Waals surface area contributed by atoms with E-state index in [1.165, 1.54) is 0 Å². The Morgan fingerprint density at radius 2 is 1.85 bits per heavy atom.